The number of amides is 4. The average molecular weight is 671 g/mol. The molecule has 2 aromatic heterocycles. The fourth-order valence-electron chi connectivity index (χ4n) is 7.48. The van der Waals surface area contributed by atoms with Gasteiger partial charge in [-0.2, -0.15) is 5.26 Å². The number of nitrogens with zero attached hydrogens (tertiary/aromatic N) is 6. The average Bonchev–Trinajstić information content (AvgIpc) is 3.07. The molecule has 6 rings (SSSR count). The van der Waals surface area contributed by atoms with Crippen LogP contribution >= 0.6 is 11.6 Å². The second-order valence-corrected chi connectivity index (χ2v) is 14.1. The summed E-state index contributed by atoms with van der Waals surface area (Å²) >= 11 is 6.22. The summed E-state index contributed by atoms with van der Waals surface area (Å²) in [6.45, 7) is 12.4. The topological polar surface area (TPSA) is 144 Å². The highest BCUT2D eigenvalue weighted by molar-refractivity contribution is 6.31. The number of piperazine rings is 1. The Morgan fingerprint density at radius 3 is 2.46 bits per heavy atom. The molecule has 1 aliphatic carbocycles. The van der Waals surface area contributed by atoms with Crippen molar-refractivity contribution < 1.29 is 19.1 Å². The highest BCUT2D eigenvalue weighted by atomic mass is 35.5. The van der Waals surface area contributed by atoms with E-state index in [2.05, 4.69) is 64.2 Å². The van der Waals surface area contributed by atoms with Gasteiger partial charge in [0.1, 0.15) is 23.7 Å². The minimum absolute atomic E-state index is 0.156. The molecule has 1 saturated carbocycles. The van der Waals surface area contributed by atoms with Crippen molar-refractivity contribution in [1.29, 1.82) is 5.26 Å². The maximum Gasteiger partial charge on any atom is 0.328 e. The lowest BCUT2D eigenvalue weighted by atomic mass is 9.49. The lowest BCUT2D eigenvalue weighted by molar-refractivity contribution is -0.164. The molecule has 48 heavy (non-hydrogen) atoms. The van der Waals surface area contributed by atoms with Gasteiger partial charge in [0.2, 0.25) is 5.91 Å². The highest BCUT2D eigenvalue weighted by Gasteiger charge is 2.64. The third-order valence-electron chi connectivity index (χ3n) is 9.76. The first-order valence-electron chi connectivity index (χ1n) is 16.0. The van der Waals surface area contributed by atoms with Crippen molar-refractivity contribution >= 4 is 41.0 Å². The third kappa shape index (κ3) is 6.40. The number of anilines is 2. The highest BCUT2D eigenvalue weighted by Crippen LogP contribution is 2.55. The number of ether oxygens (including phenoxy) is 1. The molecule has 1 aromatic carbocycles. The fourth-order valence-corrected chi connectivity index (χ4v) is 7.69. The van der Waals surface area contributed by atoms with Crippen LogP contribution in [0.15, 0.2) is 55.0 Å². The van der Waals surface area contributed by atoms with Crippen LogP contribution in [-0.2, 0) is 11.3 Å². The van der Waals surface area contributed by atoms with Crippen molar-refractivity contribution in [2.75, 3.05) is 42.5 Å². The van der Waals surface area contributed by atoms with Crippen LogP contribution in [0.4, 0.5) is 16.3 Å². The number of imide groups is 1. The van der Waals surface area contributed by atoms with Gasteiger partial charge in [-0.05, 0) is 35.9 Å². The molecule has 4 heterocycles. The molecule has 12 nitrogen and oxygen atoms in total. The van der Waals surface area contributed by atoms with Crippen molar-refractivity contribution in [3.8, 4) is 11.8 Å². The van der Waals surface area contributed by atoms with Crippen LogP contribution < -0.4 is 25.2 Å². The maximum absolute atomic E-state index is 13.4. The number of hydrogen-bond donors (Lipinski definition) is 2. The number of benzene rings is 1. The van der Waals surface area contributed by atoms with Crippen molar-refractivity contribution in [3.63, 3.8) is 0 Å². The first-order chi connectivity index (χ1) is 22.9. The second-order valence-electron chi connectivity index (χ2n) is 13.7. The van der Waals surface area contributed by atoms with Gasteiger partial charge in [-0.15, -0.1) is 0 Å². The molecule has 0 spiro atoms. The minimum atomic E-state index is -0.419. The van der Waals surface area contributed by atoms with Gasteiger partial charge in [-0.1, -0.05) is 39.3 Å². The number of pyridine rings is 2. The molecule has 3 fully saturated rings. The van der Waals surface area contributed by atoms with Gasteiger partial charge >= 0.3 is 6.03 Å². The molecule has 4 amide bonds. The quantitative estimate of drug-likeness (QED) is 0.357. The predicted octanol–water partition coefficient (Wildman–Crippen LogP) is 4.38. The van der Waals surface area contributed by atoms with Crippen molar-refractivity contribution in [3.05, 3.63) is 76.7 Å². The lowest BCUT2D eigenvalue weighted by Gasteiger charge is -2.63. The molecule has 2 aliphatic heterocycles. The van der Waals surface area contributed by atoms with E-state index in [4.69, 9.17) is 16.3 Å². The number of aromatic nitrogens is 2. The third-order valence-corrected chi connectivity index (χ3v) is 10.1. The van der Waals surface area contributed by atoms with E-state index in [-0.39, 0.29) is 41.2 Å². The number of rotatable bonds is 8. The molecule has 2 saturated heterocycles. The normalized spacial score (nSPS) is 21.9. The largest absolute Gasteiger partial charge is 0.489 e. The molecular formula is C35H39ClN8O4. The first kappa shape index (κ1) is 33.2. The van der Waals surface area contributed by atoms with Gasteiger partial charge < -0.3 is 15.0 Å². The number of hydrogen-bond acceptors (Lipinski definition) is 9. The summed E-state index contributed by atoms with van der Waals surface area (Å²) in [5.41, 5.74) is 1.83. The van der Waals surface area contributed by atoms with E-state index >= 15 is 0 Å². The second kappa shape index (κ2) is 13.1. The van der Waals surface area contributed by atoms with Crippen LogP contribution in [0.1, 0.15) is 55.6 Å². The molecule has 3 aliphatic rings. The van der Waals surface area contributed by atoms with E-state index in [0.29, 0.717) is 40.7 Å². The molecule has 3 aromatic rings. The van der Waals surface area contributed by atoms with E-state index in [1.807, 2.05) is 18.2 Å². The molecule has 2 N–H and O–H groups in total. The van der Waals surface area contributed by atoms with Crippen LogP contribution in [0.2, 0.25) is 5.02 Å². The standard InChI is InChI=1S/C35H39ClN8O4/c1-34(2)31(35(3,4)32(34)48-25-7-5-22(18-37)26(36)17-25)41-30(46)23-6-8-28(39-19-23)43-15-13-42(14-16-43)21-24-9-11-38-20-27(24)44-12-10-29(45)40-33(44)47/h5-9,11,17,19-20,31-32H,10,12-16,21H2,1-4H3,(H,41,46)(H,40,45,47). The Morgan fingerprint density at radius 2 is 1.81 bits per heavy atom. The van der Waals surface area contributed by atoms with Crippen molar-refractivity contribution in [2.45, 2.75) is 52.8 Å². The zero-order chi connectivity index (χ0) is 34.2. The van der Waals surface area contributed by atoms with Gasteiger partial charge in [0, 0.05) is 81.0 Å². The predicted molar refractivity (Wildman–Crippen MR) is 181 cm³/mol. The summed E-state index contributed by atoms with van der Waals surface area (Å²) in [7, 11) is 0. The minimum Gasteiger partial charge on any atom is -0.489 e. The van der Waals surface area contributed by atoms with E-state index in [9.17, 15) is 19.6 Å². The Labute approximate surface area is 285 Å². The maximum atomic E-state index is 13.4. The Kier molecular flexibility index (Phi) is 9.02. The summed E-state index contributed by atoms with van der Waals surface area (Å²) in [5, 5.41) is 15.1. The zero-order valence-corrected chi connectivity index (χ0v) is 28.3. The van der Waals surface area contributed by atoms with Crippen LogP contribution in [0.5, 0.6) is 5.75 Å². The van der Waals surface area contributed by atoms with Crippen LogP contribution in [0.3, 0.4) is 0 Å². The monoisotopic (exact) mass is 670 g/mol. The molecule has 0 atom stereocenters. The first-order valence-corrected chi connectivity index (χ1v) is 16.4. The Bertz CT molecular complexity index is 1750. The summed E-state index contributed by atoms with van der Waals surface area (Å²) in [6, 6.07) is 12.2. The van der Waals surface area contributed by atoms with Gasteiger partial charge in [0.15, 0.2) is 0 Å². The smallest absolute Gasteiger partial charge is 0.328 e. The Morgan fingerprint density at radius 1 is 1.06 bits per heavy atom. The van der Waals surface area contributed by atoms with Crippen LogP contribution in [0, 0.1) is 22.2 Å². The number of carbonyl (C=O) groups excluding carboxylic acids is 3. The van der Waals surface area contributed by atoms with Crippen molar-refractivity contribution in [2.24, 2.45) is 10.8 Å². The molecule has 0 unspecified atom stereocenters. The fraction of sp³-hybridized carbons (Fsp3) is 0.429. The van der Waals surface area contributed by atoms with Crippen LogP contribution in [0.25, 0.3) is 0 Å². The number of halogens is 1. The summed E-state index contributed by atoms with van der Waals surface area (Å²) < 4.78 is 6.35. The molecule has 0 radical (unpaired) electrons. The number of nitriles is 1. The number of urea groups is 1. The van der Waals surface area contributed by atoms with E-state index in [0.717, 1.165) is 37.6 Å². The zero-order valence-electron chi connectivity index (χ0n) is 27.5. The molecule has 0 bridgehead atoms. The van der Waals surface area contributed by atoms with Gasteiger partial charge in [-0.3, -0.25) is 29.7 Å². The molecule has 13 heteroatoms. The number of carbonyl (C=O) groups is 3. The Hall–Kier alpha value is -4.73. The Balaban J connectivity index is 1.03. The van der Waals surface area contributed by atoms with Gasteiger partial charge in [-0.25, -0.2) is 9.78 Å². The number of nitrogens with one attached hydrogen (secondary N) is 2. The van der Waals surface area contributed by atoms with E-state index in [1.54, 1.807) is 41.7 Å². The summed E-state index contributed by atoms with van der Waals surface area (Å²) in [6.07, 6.45) is 5.08. The molecule has 250 valence electrons. The van der Waals surface area contributed by atoms with E-state index in [1.165, 1.54) is 0 Å². The van der Waals surface area contributed by atoms with Gasteiger partial charge in [0.05, 0.1) is 28.0 Å². The van der Waals surface area contributed by atoms with E-state index < -0.39 is 6.03 Å². The SMILES string of the molecule is CC1(C)C(NC(=O)c2ccc(N3CCN(Cc4ccncc4N4CCC(=O)NC4=O)CC3)nc2)C(C)(C)C1Oc1ccc(C#N)c(Cl)c1. The van der Waals surface area contributed by atoms with Crippen molar-refractivity contribution in [1.82, 2.24) is 25.5 Å². The summed E-state index contributed by atoms with van der Waals surface area (Å²) in [4.78, 5) is 52.4. The lowest BCUT2D eigenvalue weighted by Crippen LogP contribution is -2.74. The molecular weight excluding hydrogens is 632 g/mol. The van der Waals surface area contributed by atoms with Gasteiger partial charge in [0.25, 0.3) is 5.91 Å². The summed E-state index contributed by atoms with van der Waals surface area (Å²) in [5.74, 6) is 0.940. The van der Waals surface area contributed by atoms with Crippen LogP contribution in [-0.4, -0.2) is 77.6 Å².